The van der Waals surface area contributed by atoms with Gasteiger partial charge in [-0.2, -0.15) is 5.26 Å². The lowest BCUT2D eigenvalue weighted by Gasteiger charge is -2.31. The van der Waals surface area contributed by atoms with Gasteiger partial charge in [-0.05, 0) is 122 Å². The standard InChI is InChI=1S/C51H28N6/c1-53-49-28-33(23-25-55-49)47-18-9-19-48(57-47)40-29-44-50(38-13-3-2-10-35(38)40)39-21-20-31(45-16-8-17-46(56-45)32-22-24-54-34(26-32)30-52)27-43(39)51(44)41-14-6-4-11-36(41)37-12-5-7-15-42(37)51/h2-29H. The second-order valence-electron chi connectivity index (χ2n) is 14.4. The summed E-state index contributed by atoms with van der Waals surface area (Å²) in [4.78, 5) is 22.3. The zero-order valence-electron chi connectivity index (χ0n) is 30.3. The number of nitrogens with zero attached hydrogens (tertiary/aromatic N) is 6. The van der Waals surface area contributed by atoms with Gasteiger partial charge >= 0.3 is 0 Å². The normalized spacial score (nSPS) is 12.7. The zero-order chi connectivity index (χ0) is 38.1. The van der Waals surface area contributed by atoms with E-state index in [0.29, 0.717) is 11.5 Å². The Balaban J connectivity index is 1.19. The fourth-order valence-corrected chi connectivity index (χ4v) is 9.16. The Morgan fingerprint density at radius 1 is 0.474 bits per heavy atom. The van der Waals surface area contributed by atoms with Gasteiger partial charge in [0.25, 0.3) is 5.82 Å². The number of aromatic nitrogens is 4. The highest BCUT2D eigenvalue weighted by Crippen LogP contribution is 2.64. The van der Waals surface area contributed by atoms with Gasteiger partial charge in [0.05, 0.1) is 28.2 Å². The Hall–Kier alpha value is -8.06. The molecule has 0 N–H and O–H groups in total. The number of nitriles is 1. The number of rotatable bonds is 4. The molecule has 0 radical (unpaired) electrons. The Bertz CT molecular complexity index is 3190. The third kappa shape index (κ3) is 4.75. The van der Waals surface area contributed by atoms with Crippen LogP contribution in [0.5, 0.6) is 0 Å². The van der Waals surface area contributed by atoms with Gasteiger partial charge in [-0.15, -0.1) is 4.98 Å². The summed E-state index contributed by atoms with van der Waals surface area (Å²) < 4.78 is 0. The zero-order valence-corrected chi connectivity index (χ0v) is 30.3. The quantitative estimate of drug-likeness (QED) is 0.169. The summed E-state index contributed by atoms with van der Waals surface area (Å²) >= 11 is 0. The minimum atomic E-state index is -0.621. The molecule has 2 aliphatic rings. The Labute approximate surface area is 328 Å². The van der Waals surface area contributed by atoms with Gasteiger partial charge in [0.1, 0.15) is 18.0 Å². The van der Waals surface area contributed by atoms with Crippen LogP contribution in [-0.4, -0.2) is 19.9 Å². The molecule has 4 heterocycles. The smallest absolute Gasteiger partial charge is 0.270 e. The van der Waals surface area contributed by atoms with E-state index < -0.39 is 5.41 Å². The van der Waals surface area contributed by atoms with E-state index in [-0.39, 0.29) is 0 Å². The molecule has 0 saturated heterocycles. The third-order valence-electron chi connectivity index (χ3n) is 11.5. The summed E-state index contributed by atoms with van der Waals surface area (Å²) in [6.45, 7) is 7.53. The molecule has 5 aromatic carbocycles. The van der Waals surface area contributed by atoms with E-state index in [9.17, 15) is 5.26 Å². The lowest BCUT2D eigenvalue weighted by Crippen LogP contribution is -2.26. The maximum Gasteiger partial charge on any atom is 0.270 e. The van der Waals surface area contributed by atoms with Crippen molar-refractivity contribution in [3.8, 4) is 73.4 Å². The molecular formula is C51H28N6. The average molecular weight is 725 g/mol. The van der Waals surface area contributed by atoms with Crippen molar-refractivity contribution in [3.05, 3.63) is 209 Å². The van der Waals surface area contributed by atoms with Crippen molar-refractivity contribution in [2.24, 2.45) is 0 Å². The first kappa shape index (κ1) is 32.4. The molecule has 0 aliphatic heterocycles. The van der Waals surface area contributed by atoms with Crippen LogP contribution in [0.2, 0.25) is 0 Å². The van der Waals surface area contributed by atoms with Crippen LogP contribution >= 0.6 is 0 Å². The number of benzene rings is 5. The summed E-state index contributed by atoms with van der Waals surface area (Å²) in [5.41, 5.74) is 16.6. The number of fused-ring (bicyclic) bond motifs is 12. The number of hydrogen-bond acceptors (Lipinski definition) is 5. The van der Waals surface area contributed by atoms with Crippen LogP contribution in [0.1, 0.15) is 27.9 Å². The Kier molecular flexibility index (Phi) is 7.10. The number of hydrogen-bond donors (Lipinski definition) is 0. The van der Waals surface area contributed by atoms with E-state index >= 15 is 0 Å². The highest BCUT2D eigenvalue weighted by molar-refractivity contribution is 6.11. The van der Waals surface area contributed by atoms with Crippen LogP contribution in [0.25, 0.3) is 82.9 Å². The van der Waals surface area contributed by atoms with Crippen molar-refractivity contribution in [2.45, 2.75) is 5.41 Å². The minimum Gasteiger partial charge on any atom is -0.361 e. The van der Waals surface area contributed by atoms with Gasteiger partial charge in [-0.25, -0.2) is 15.0 Å². The van der Waals surface area contributed by atoms with Crippen LogP contribution in [0.3, 0.4) is 0 Å². The maximum atomic E-state index is 9.52. The molecule has 6 heteroatoms. The molecule has 11 rings (SSSR count). The monoisotopic (exact) mass is 724 g/mol. The summed E-state index contributed by atoms with van der Waals surface area (Å²) in [5, 5.41) is 11.8. The first-order valence-electron chi connectivity index (χ1n) is 18.7. The van der Waals surface area contributed by atoms with Crippen molar-refractivity contribution in [1.82, 2.24) is 19.9 Å². The van der Waals surface area contributed by atoms with E-state index in [1.54, 1.807) is 24.5 Å². The molecule has 4 aromatic heterocycles. The summed E-state index contributed by atoms with van der Waals surface area (Å²) in [6, 6.07) is 57.2. The van der Waals surface area contributed by atoms with E-state index in [0.717, 1.165) is 55.8 Å². The second kappa shape index (κ2) is 12.5. The van der Waals surface area contributed by atoms with Crippen molar-refractivity contribution in [3.63, 3.8) is 0 Å². The van der Waals surface area contributed by atoms with Crippen molar-refractivity contribution >= 4 is 16.6 Å². The lowest BCUT2D eigenvalue weighted by atomic mass is 9.69. The van der Waals surface area contributed by atoms with Crippen molar-refractivity contribution in [1.29, 1.82) is 5.26 Å². The molecule has 9 aromatic rings. The fraction of sp³-hybridized carbons (Fsp3) is 0.0196. The molecule has 0 atom stereocenters. The first-order chi connectivity index (χ1) is 28.1. The van der Waals surface area contributed by atoms with Gasteiger partial charge in [0.15, 0.2) is 0 Å². The van der Waals surface area contributed by atoms with Crippen LogP contribution in [-0.2, 0) is 5.41 Å². The van der Waals surface area contributed by atoms with Gasteiger partial charge in [-0.3, -0.25) is 0 Å². The molecular weight excluding hydrogens is 697 g/mol. The van der Waals surface area contributed by atoms with E-state index in [1.807, 2.05) is 36.4 Å². The van der Waals surface area contributed by atoms with Crippen LogP contribution < -0.4 is 0 Å². The largest absolute Gasteiger partial charge is 0.361 e. The van der Waals surface area contributed by atoms with E-state index in [2.05, 4.69) is 130 Å². The molecule has 2 aliphatic carbocycles. The van der Waals surface area contributed by atoms with Gasteiger partial charge in [0, 0.05) is 22.9 Å². The summed E-state index contributed by atoms with van der Waals surface area (Å²) in [5.74, 6) is 0.341. The van der Waals surface area contributed by atoms with Crippen LogP contribution in [0, 0.1) is 17.9 Å². The number of pyridine rings is 4. The fourth-order valence-electron chi connectivity index (χ4n) is 9.16. The van der Waals surface area contributed by atoms with Crippen molar-refractivity contribution in [2.75, 3.05) is 0 Å². The first-order valence-corrected chi connectivity index (χ1v) is 18.7. The molecule has 0 amide bonds. The maximum absolute atomic E-state index is 9.52. The van der Waals surface area contributed by atoms with Crippen LogP contribution in [0.15, 0.2) is 170 Å². The Morgan fingerprint density at radius 3 is 1.77 bits per heavy atom. The lowest BCUT2D eigenvalue weighted by molar-refractivity contribution is 0.795. The van der Waals surface area contributed by atoms with Gasteiger partial charge in [0.2, 0.25) is 0 Å². The molecule has 57 heavy (non-hydrogen) atoms. The predicted molar refractivity (Wildman–Crippen MR) is 224 cm³/mol. The van der Waals surface area contributed by atoms with Crippen LogP contribution in [0.4, 0.5) is 5.82 Å². The van der Waals surface area contributed by atoms with E-state index in [1.165, 1.54) is 44.5 Å². The minimum absolute atomic E-state index is 0.341. The SMILES string of the molecule is [C-]#[N+]c1cc(-c2cccc(-c3cc4c(c5ccccc35)-c3ccc(-c5cccc(-c6ccnc(C#N)c6)n5)cc3C43c4ccccc4-c4ccccc43)n2)ccn1. The second-order valence-corrected chi connectivity index (χ2v) is 14.4. The van der Waals surface area contributed by atoms with E-state index in [4.69, 9.17) is 16.5 Å². The molecule has 0 fully saturated rings. The molecule has 0 unspecified atom stereocenters. The van der Waals surface area contributed by atoms with Crippen molar-refractivity contribution < 1.29 is 0 Å². The molecule has 262 valence electrons. The Morgan fingerprint density at radius 2 is 1.07 bits per heavy atom. The highest BCUT2D eigenvalue weighted by atomic mass is 14.9. The topological polar surface area (TPSA) is 79.7 Å². The molecule has 0 saturated carbocycles. The third-order valence-corrected chi connectivity index (χ3v) is 11.5. The molecule has 6 nitrogen and oxygen atoms in total. The van der Waals surface area contributed by atoms with Gasteiger partial charge in [-0.1, -0.05) is 104 Å². The summed E-state index contributed by atoms with van der Waals surface area (Å²) in [7, 11) is 0. The highest BCUT2D eigenvalue weighted by Gasteiger charge is 2.52. The average Bonchev–Trinajstić information content (AvgIpc) is 3.76. The summed E-state index contributed by atoms with van der Waals surface area (Å²) in [6.07, 6.45) is 3.32. The van der Waals surface area contributed by atoms with Gasteiger partial charge < -0.3 is 4.85 Å². The molecule has 1 spiro atoms. The predicted octanol–water partition coefficient (Wildman–Crippen LogP) is 11.9. The molecule has 0 bridgehead atoms.